The van der Waals surface area contributed by atoms with Crippen LogP contribution in [0.4, 0.5) is 4.79 Å². The number of carbonyl (C=O) groups excluding carboxylic acids is 1. The molecular weight excluding hydrogens is 216 g/mol. The normalized spacial score (nSPS) is 4.36. The van der Waals surface area contributed by atoms with E-state index in [1.807, 2.05) is 0 Å². The second-order valence-corrected chi connectivity index (χ2v) is 0.474. The van der Waals surface area contributed by atoms with Gasteiger partial charge in [0.25, 0.3) is 0 Å². The zero-order valence-corrected chi connectivity index (χ0v) is 9.93. The van der Waals surface area contributed by atoms with Gasteiger partial charge in [0.2, 0.25) is 0 Å². The minimum Gasteiger partial charge on any atom is -0.652 e. The van der Waals surface area contributed by atoms with Gasteiger partial charge in [-0.15, -0.1) is 0 Å². The van der Waals surface area contributed by atoms with Gasteiger partial charge in [-0.1, -0.05) is 0 Å². The van der Waals surface area contributed by atoms with Crippen LogP contribution in [0.15, 0.2) is 0 Å². The molecule has 0 radical (unpaired) electrons. The predicted octanol–water partition coefficient (Wildman–Crippen LogP) is -3.29. The molecule has 0 amide bonds. The van der Waals surface area contributed by atoms with Gasteiger partial charge in [0.15, 0.2) is 0 Å². The largest absolute Gasteiger partial charge is 2.00 e. The summed E-state index contributed by atoms with van der Waals surface area (Å²) < 4.78 is 0. The van der Waals surface area contributed by atoms with Crippen molar-refractivity contribution in [3.63, 3.8) is 0 Å². The summed E-state index contributed by atoms with van der Waals surface area (Å²) in [6.07, 6.45) is -2.33. The Morgan fingerprint density at radius 2 is 1.09 bits per heavy atom. The van der Waals surface area contributed by atoms with Crippen LogP contribution in [0, 0.1) is 15.3 Å². The van der Waals surface area contributed by atoms with Crippen LogP contribution in [0.25, 0.3) is 0 Å². The Morgan fingerprint density at radius 3 is 1.09 bits per heavy atom. The van der Waals surface area contributed by atoms with E-state index < -0.39 is 11.2 Å². The van der Waals surface area contributed by atoms with Gasteiger partial charge >= 0.3 is 75.5 Å². The number of hydrogen-bond acceptors (Lipinski definition) is 7. The van der Waals surface area contributed by atoms with Crippen LogP contribution in [-0.2, 0) is 0 Å². The molecule has 0 bridgehead atoms. The van der Waals surface area contributed by atoms with Crippen molar-refractivity contribution in [2.45, 2.75) is 0 Å². The predicted molar refractivity (Wildman–Crippen MR) is 32.3 cm³/mol. The molecular formula is CH3Ca2N2O6+. The molecule has 0 fully saturated rings. The second-order valence-electron chi connectivity index (χ2n) is 0.474. The Balaban J connectivity index is -0.0000000171. The van der Waals surface area contributed by atoms with Gasteiger partial charge in [-0.25, -0.2) is 0 Å². The molecule has 0 aromatic carbocycles. The third-order valence-corrected chi connectivity index (χ3v) is 0. The van der Waals surface area contributed by atoms with Gasteiger partial charge in [-0.2, -0.15) is 0 Å². The summed E-state index contributed by atoms with van der Waals surface area (Å²) in [6.45, 7) is 0. The zero-order chi connectivity index (χ0) is 7.15. The van der Waals surface area contributed by atoms with Crippen LogP contribution < -0.4 is 16.4 Å². The number of rotatable bonds is 0. The van der Waals surface area contributed by atoms with Crippen molar-refractivity contribution in [1.82, 2.24) is 6.15 Å². The number of carbonyl (C=O) groups is 1. The minimum atomic E-state index is -2.33. The molecule has 0 saturated heterocycles. The van der Waals surface area contributed by atoms with Gasteiger partial charge in [-0.05, 0) is 6.16 Å². The van der Waals surface area contributed by atoms with Gasteiger partial charge in [0.1, 0.15) is 0 Å². The van der Waals surface area contributed by atoms with Gasteiger partial charge in [0, 0.05) is 0 Å². The van der Waals surface area contributed by atoms with Crippen molar-refractivity contribution in [2.75, 3.05) is 0 Å². The van der Waals surface area contributed by atoms with Crippen LogP contribution in [0.2, 0.25) is 0 Å². The van der Waals surface area contributed by atoms with E-state index in [9.17, 15) is 0 Å². The minimum absolute atomic E-state index is 0. The molecule has 11 heavy (non-hydrogen) atoms. The van der Waals surface area contributed by atoms with Crippen LogP contribution in [0.3, 0.4) is 0 Å². The molecule has 0 atom stereocenters. The summed E-state index contributed by atoms with van der Waals surface area (Å²) in [5, 5.41) is 31.4. The summed E-state index contributed by atoms with van der Waals surface area (Å²) in [5.41, 5.74) is 0. The molecule has 0 saturated carbocycles. The molecule has 8 nitrogen and oxygen atoms in total. The molecule has 56 valence electrons. The van der Waals surface area contributed by atoms with Gasteiger partial charge in [-0.3, -0.25) is 0 Å². The van der Waals surface area contributed by atoms with Crippen LogP contribution in [0.1, 0.15) is 0 Å². The number of hydrogen-bond donors (Lipinski definition) is 1. The molecule has 0 aromatic heterocycles. The van der Waals surface area contributed by atoms with E-state index in [1.165, 1.54) is 0 Å². The van der Waals surface area contributed by atoms with Crippen molar-refractivity contribution >= 4 is 81.6 Å². The fourth-order valence-corrected chi connectivity index (χ4v) is 0. The smallest absolute Gasteiger partial charge is 0.652 e. The van der Waals surface area contributed by atoms with Crippen molar-refractivity contribution < 1.29 is 20.1 Å². The van der Waals surface area contributed by atoms with E-state index in [0.717, 1.165) is 0 Å². The number of nitrogens with zero attached hydrogens (tertiary/aromatic N) is 1. The standard InChI is InChI=1S/CH2O3.2Ca.NO3.H3N/c2-1(3)4;;;2-1(3)4;/h(H2,2,3,4);;;;1H3/q;2*+2;-1;/p-2. The summed E-state index contributed by atoms with van der Waals surface area (Å²) in [4.78, 5) is 16.6. The summed E-state index contributed by atoms with van der Waals surface area (Å²) in [6, 6.07) is 0. The maximum Gasteiger partial charge on any atom is 2.00 e. The Morgan fingerprint density at radius 1 is 1.09 bits per heavy atom. The van der Waals surface area contributed by atoms with E-state index in [2.05, 4.69) is 0 Å². The molecule has 0 heterocycles. The third kappa shape index (κ3) is 973. The summed E-state index contributed by atoms with van der Waals surface area (Å²) in [7, 11) is 0. The van der Waals surface area contributed by atoms with E-state index in [-0.39, 0.29) is 81.6 Å². The van der Waals surface area contributed by atoms with Crippen molar-refractivity contribution in [1.29, 1.82) is 0 Å². The summed E-state index contributed by atoms with van der Waals surface area (Å²) in [5.74, 6) is 0. The first-order valence-electron chi connectivity index (χ1n) is 1.16. The molecule has 3 N–H and O–H groups in total. The zero-order valence-electron chi connectivity index (χ0n) is 5.52. The average molecular weight is 219 g/mol. The van der Waals surface area contributed by atoms with Gasteiger partial charge < -0.3 is 36.5 Å². The Labute approximate surface area is 121 Å². The molecule has 0 unspecified atom stereocenters. The van der Waals surface area contributed by atoms with Crippen molar-refractivity contribution in [3.05, 3.63) is 15.3 Å². The van der Waals surface area contributed by atoms with E-state index in [4.69, 9.17) is 30.3 Å². The first kappa shape index (κ1) is 29.7. The number of carboxylic acid groups (broad SMARTS) is 2. The molecule has 0 spiro atoms. The maximum atomic E-state index is 8.33. The quantitative estimate of drug-likeness (QED) is 0.253. The fourth-order valence-electron chi connectivity index (χ4n) is 0. The molecule has 0 aromatic rings. The van der Waals surface area contributed by atoms with Crippen LogP contribution in [-0.4, -0.2) is 86.7 Å². The Kier molecular flexibility index (Phi) is 60.5. The van der Waals surface area contributed by atoms with Crippen molar-refractivity contribution in [2.24, 2.45) is 0 Å². The average Bonchev–Trinajstić information content (AvgIpc) is 1.25. The monoisotopic (exact) mass is 219 g/mol. The Hall–Kier alpha value is 0.949. The first-order chi connectivity index (χ1) is 3.46. The fraction of sp³-hybridized carbons (Fsp3) is 0. The molecule has 0 aliphatic carbocycles. The molecule has 0 rings (SSSR count). The van der Waals surface area contributed by atoms with Crippen LogP contribution in [0.5, 0.6) is 0 Å². The van der Waals surface area contributed by atoms with E-state index in [0.29, 0.717) is 0 Å². The van der Waals surface area contributed by atoms with Crippen molar-refractivity contribution in [3.8, 4) is 0 Å². The topological polar surface area (TPSA) is 164 Å². The first-order valence-corrected chi connectivity index (χ1v) is 1.16. The third-order valence-electron chi connectivity index (χ3n) is 0. The maximum absolute atomic E-state index is 8.33. The molecule has 0 aliphatic rings. The SMILES string of the molecule is N.O=C([O-])[O-].O=[N+]([O-])[O-].[Ca+2].[Ca+2]. The second kappa shape index (κ2) is 22.4. The van der Waals surface area contributed by atoms with Crippen LogP contribution >= 0.6 is 0 Å². The summed E-state index contributed by atoms with van der Waals surface area (Å²) >= 11 is 0. The van der Waals surface area contributed by atoms with E-state index in [1.54, 1.807) is 0 Å². The molecule has 10 heteroatoms. The Bertz CT molecular complexity index is 76.6. The van der Waals surface area contributed by atoms with Gasteiger partial charge in [0.05, 0.1) is 5.09 Å². The van der Waals surface area contributed by atoms with E-state index >= 15 is 0 Å². The molecule has 0 aliphatic heterocycles.